The molecule has 1 amide bonds. The topological polar surface area (TPSA) is 29.5 Å². The number of hydrogen-bond acceptors (Lipinski definition) is 2. The summed E-state index contributed by atoms with van der Waals surface area (Å²) < 4.78 is 6.43. The fourth-order valence-electron chi connectivity index (χ4n) is 2.44. The number of ether oxygens (including phenoxy) is 1. The Bertz CT molecular complexity index is 624. The van der Waals surface area contributed by atoms with E-state index in [0.717, 1.165) is 23.1 Å². The highest BCUT2D eigenvalue weighted by molar-refractivity contribution is 9.10. The van der Waals surface area contributed by atoms with Crippen molar-refractivity contribution in [3.63, 3.8) is 0 Å². The number of likely N-dealkylation sites (tertiary alicyclic amines) is 1. The van der Waals surface area contributed by atoms with Crippen molar-refractivity contribution in [3.05, 3.63) is 70.2 Å². The van der Waals surface area contributed by atoms with Gasteiger partial charge in [0.1, 0.15) is 6.61 Å². The second-order valence-corrected chi connectivity index (χ2v) is 6.02. The summed E-state index contributed by atoms with van der Waals surface area (Å²) in [6.45, 7) is 1.77. The highest BCUT2D eigenvalue weighted by atomic mass is 79.9. The van der Waals surface area contributed by atoms with Crippen LogP contribution in [0.1, 0.15) is 17.0 Å². The van der Waals surface area contributed by atoms with Gasteiger partial charge in [-0.2, -0.15) is 0 Å². The van der Waals surface area contributed by atoms with Gasteiger partial charge in [0, 0.05) is 23.5 Å². The fraction of sp³-hybridized carbons (Fsp3) is 0.235. The number of nitrogens with zero attached hydrogens (tertiary/aromatic N) is 1. The number of carbonyl (C=O) groups is 1. The summed E-state index contributed by atoms with van der Waals surface area (Å²) in [7, 11) is 0. The molecule has 3 rings (SSSR count). The predicted octanol–water partition coefficient (Wildman–Crippen LogP) is 4.19. The van der Waals surface area contributed by atoms with Crippen LogP contribution in [0.2, 0.25) is 0 Å². The Morgan fingerprint density at radius 1 is 1.10 bits per heavy atom. The van der Waals surface area contributed by atoms with Crippen LogP contribution in [0.4, 0.5) is 4.79 Å². The zero-order chi connectivity index (χ0) is 14.7. The smallest absolute Gasteiger partial charge is 0.410 e. The van der Waals surface area contributed by atoms with Gasteiger partial charge in [-0.05, 0) is 17.2 Å². The van der Waals surface area contributed by atoms with Crippen LogP contribution < -0.4 is 0 Å². The lowest BCUT2D eigenvalue weighted by molar-refractivity contribution is 0.0663. The number of amides is 1. The Kier molecular flexibility index (Phi) is 4.25. The van der Waals surface area contributed by atoms with Crippen molar-refractivity contribution in [1.29, 1.82) is 0 Å². The molecule has 108 valence electrons. The maximum absolute atomic E-state index is 12.0. The van der Waals surface area contributed by atoms with Crippen molar-refractivity contribution in [3.8, 4) is 0 Å². The fourth-order valence-corrected chi connectivity index (χ4v) is 3.05. The maximum atomic E-state index is 12.0. The zero-order valence-electron chi connectivity index (χ0n) is 11.5. The molecule has 4 heteroatoms. The molecule has 21 heavy (non-hydrogen) atoms. The van der Waals surface area contributed by atoms with Crippen LogP contribution in [-0.2, 0) is 11.3 Å². The zero-order valence-corrected chi connectivity index (χ0v) is 13.1. The van der Waals surface area contributed by atoms with Gasteiger partial charge in [0.2, 0.25) is 0 Å². The van der Waals surface area contributed by atoms with Gasteiger partial charge in [-0.15, -0.1) is 0 Å². The molecule has 0 saturated carbocycles. The average Bonchev–Trinajstić information content (AvgIpc) is 2.47. The summed E-state index contributed by atoms with van der Waals surface area (Å²) in [5.74, 6) is 0.393. The SMILES string of the molecule is O=C(OCc1ccccc1)N1CC(c2ccccc2Br)C1. The summed E-state index contributed by atoms with van der Waals surface area (Å²) in [5, 5.41) is 0. The van der Waals surface area contributed by atoms with E-state index >= 15 is 0 Å². The minimum absolute atomic E-state index is 0.234. The Morgan fingerprint density at radius 3 is 2.48 bits per heavy atom. The van der Waals surface area contributed by atoms with Crippen LogP contribution in [0.15, 0.2) is 59.1 Å². The molecule has 0 atom stereocenters. The van der Waals surface area contributed by atoms with Gasteiger partial charge in [-0.3, -0.25) is 0 Å². The molecule has 3 nitrogen and oxygen atoms in total. The standard InChI is InChI=1S/C17H16BrNO2/c18-16-9-5-4-8-15(16)14-10-19(11-14)17(20)21-12-13-6-2-1-3-7-13/h1-9,14H,10-12H2. The summed E-state index contributed by atoms with van der Waals surface area (Å²) >= 11 is 3.56. The van der Waals surface area contributed by atoms with E-state index in [9.17, 15) is 4.79 Å². The number of hydrogen-bond donors (Lipinski definition) is 0. The van der Waals surface area contributed by atoms with Crippen LogP contribution >= 0.6 is 15.9 Å². The first kappa shape index (κ1) is 14.1. The molecule has 1 saturated heterocycles. The molecule has 0 bridgehead atoms. The van der Waals surface area contributed by atoms with Crippen LogP contribution in [0.5, 0.6) is 0 Å². The quantitative estimate of drug-likeness (QED) is 0.834. The molecule has 0 N–H and O–H groups in total. The molecule has 1 heterocycles. The predicted molar refractivity (Wildman–Crippen MR) is 85.1 cm³/mol. The summed E-state index contributed by atoms with van der Waals surface area (Å²) in [4.78, 5) is 13.7. The van der Waals surface area contributed by atoms with Gasteiger partial charge in [-0.25, -0.2) is 4.79 Å². The maximum Gasteiger partial charge on any atom is 0.410 e. The van der Waals surface area contributed by atoms with Crippen LogP contribution in [0.3, 0.4) is 0 Å². The Labute approximate surface area is 132 Å². The largest absolute Gasteiger partial charge is 0.445 e. The van der Waals surface area contributed by atoms with Crippen molar-refractivity contribution >= 4 is 22.0 Å². The summed E-state index contributed by atoms with van der Waals surface area (Å²) in [6.07, 6.45) is -0.234. The van der Waals surface area contributed by atoms with Crippen molar-refractivity contribution in [1.82, 2.24) is 4.90 Å². The van der Waals surface area contributed by atoms with Gasteiger partial charge in [0.05, 0.1) is 0 Å². The third-order valence-electron chi connectivity index (χ3n) is 3.69. The molecule has 1 aliphatic heterocycles. The summed E-state index contributed by atoms with van der Waals surface area (Å²) in [5.41, 5.74) is 2.26. The molecule has 1 aliphatic rings. The third-order valence-corrected chi connectivity index (χ3v) is 4.41. The molecular weight excluding hydrogens is 330 g/mol. The Hall–Kier alpha value is -1.81. The highest BCUT2D eigenvalue weighted by Gasteiger charge is 2.33. The molecule has 2 aromatic carbocycles. The van der Waals surface area contributed by atoms with E-state index in [4.69, 9.17) is 4.74 Å². The number of halogens is 1. The van der Waals surface area contributed by atoms with Crippen molar-refractivity contribution in [2.75, 3.05) is 13.1 Å². The number of rotatable bonds is 3. The third kappa shape index (κ3) is 3.27. The van der Waals surface area contributed by atoms with Crippen molar-refractivity contribution < 1.29 is 9.53 Å². The minimum atomic E-state index is -0.234. The second-order valence-electron chi connectivity index (χ2n) is 5.16. The lowest BCUT2D eigenvalue weighted by Crippen LogP contribution is -2.48. The van der Waals surface area contributed by atoms with Crippen LogP contribution in [-0.4, -0.2) is 24.1 Å². The lowest BCUT2D eigenvalue weighted by Gasteiger charge is -2.39. The van der Waals surface area contributed by atoms with Gasteiger partial charge < -0.3 is 9.64 Å². The van der Waals surface area contributed by atoms with Gasteiger partial charge >= 0.3 is 6.09 Å². The minimum Gasteiger partial charge on any atom is -0.445 e. The van der Waals surface area contributed by atoms with Gasteiger partial charge in [0.25, 0.3) is 0 Å². The van der Waals surface area contributed by atoms with Gasteiger partial charge in [0.15, 0.2) is 0 Å². The van der Waals surface area contributed by atoms with Crippen molar-refractivity contribution in [2.24, 2.45) is 0 Å². The first-order valence-electron chi connectivity index (χ1n) is 6.94. The lowest BCUT2D eigenvalue weighted by atomic mass is 9.92. The molecule has 0 aliphatic carbocycles. The molecule has 0 radical (unpaired) electrons. The van der Waals surface area contributed by atoms with Gasteiger partial charge in [-0.1, -0.05) is 64.5 Å². The monoisotopic (exact) mass is 345 g/mol. The van der Waals surface area contributed by atoms with Crippen LogP contribution in [0, 0.1) is 0 Å². The van der Waals surface area contributed by atoms with E-state index in [2.05, 4.69) is 22.0 Å². The van der Waals surface area contributed by atoms with E-state index in [1.54, 1.807) is 4.90 Å². The van der Waals surface area contributed by atoms with Crippen molar-refractivity contribution in [2.45, 2.75) is 12.5 Å². The molecule has 0 aromatic heterocycles. The molecule has 2 aromatic rings. The molecule has 0 unspecified atom stereocenters. The normalized spacial score (nSPS) is 14.6. The molecular formula is C17H16BrNO2. The Morgan fingerprint density at radius 2 is 1.76 bits per heavy atom. The number of carbonyl (C=O) groups excluding carboxylic acids is 1. The first-order valence-corrected chi connectivity index (χ1v) is 7.73. The Balaban J connectivity index is 1.50. The van der Waals surface area contributed by atoms with E-state index in [1.807, 2.05) is 48.5 Å². The van der Waals surface area contributed by atoms with E-state index in [-0.39, 0.29) is 6.09 Å². The molecule has 0 spiro atoms. The first-order chi connectivity index (χ1) is 10.2. The van der Waals surface area contributed by atoms with E-state index in [1.165, 1.54) is 5.56 Å². The number of benzene rings is 2. The van der Waals surface area contributed by atoms with E-state index in [0.29, 0.717) is 12.5 Å². The second kappa shape index (κ2) is 6.31. The molecule has 1 fully saturated rings. The van der Waals surface area contributed by atoms with E-state index < -0.39 is 0 Å². The highest BCUT2D eigenvalue weighted by Crippen LogP contribution is 2.32. The average molecular weight is 346 g/mol. The summed E-state index contributed by atoms with van der Waals surface area (Å²) in [6, 6.07) is 17.9. The van der Waals surface area contributed by atoms with Crippen LogP contribution in [0.25, 0.3) is 0 Å².